The van der Waals surface area contributed by atoms with E-state index in [4.69, 9.17) is 0 Å². The molecular weight excluding hydrogens is 540 g/mol. The van der Waals surface area contributed by atoms with Crippen molar-refractivity contribution in [1.29, 1.82) is 0 Å². The average molecular weight is 579 g/mol. The van der Waals surface area contributed by atoms with E-state index in [1.807, 2.05) is 0 Å². The first-order valence-corrected chi connectivity index (χ1v) is 17.0. The summed E-state index contributed by atoms with van der Waals surface area (Å²) in [5, 5.41) is 10.6. The monoisotopic (exact) mass is 578 g/mol. The summed E-state index contributed by atoms with van der Waals surface area (Å²) in [5.74, 6) is 0.816. The van der Waals surface area contributed by atoms with Gasteiger partial charge in [-0.2, -0.15) is 0 Å². The van der Waals surface area contributed by atoms with Gasteiger partial charge in [0.1, 0.15) is 0 Å². The van der Waals surface area contributed by atoms with E-state index in [-0.39, 0.29) is 0 Å². The van der Waals surface area contributed by atoms with Gasteiger partial charge < -0.3 is 0 Å². The van der Waals surface area contributed by atoms with Crippen molar-refractivity contribution in [3.63, 3.8) is 0 Å². The summed E-state index contributed by atoms with van der Waals surface area (Å²) in [5.41, 5.74) is 10.1. The second-order valence-corrected chi connectivity index (χ2v) is 13.5. The lowest BCUT2D eigenvalue weighted by Gasteiger charge is -2.20. The lowest BCUT2D eigenvalue weighted by atomic mass is 9.84. The highest BCUT2D eigenvalue weighted by Gasteiger charge is 2.26. The summed E-state index contributed by atoms with van der Waals surface area (Å²) in [6.45, 7) is 0. The summed E-state index contributed by atoms with van der Waals surface area (Å²) in [4.78, 5) is 0. The van der Waals surface area contributed by atoms with Crippen LogP contribution in [-0.2, 0) is 6.42 Å². The molecule has 0 heterocycles. The first-order chi connectivity index (χ1) is 22.3. The number of rotatable bonds is 4. The molecule has 9 rings (SSSR count). The van der Waals surface area contributed by atoms with Gasteiger partial charge in [-0.25, -0.2) is 0 Å². The van der Waals surface area contributed by atoms with Crippen LogP contribution < -0.4 is 0 Å². The van der Waals surface area contributed by atoms with Crippen LogP contribution in [0.3, 0.4) is 0 Å². The zero-order valence-corrected chi connectivity index (χ0v) is 25.9. The summed E-state index contributed by atoms with van der Waals surface area (Å²) in [6, 6.07) is 45.5. The Kier molecular flexibility index (Phi) is 6.55. The fraction of sp³-hybridized carbons (Fsp3) is 0.200. The van der Waals surface area contributed by atoms with Crippen LogP contribution in [0.2, 0.25) is 0 Å². The van der Waals surface area contributed by atoms with Crippen molar-refractivity contribution in [2.24, 2.45) is 5.92 Å². The third-order valence-corrected chi connectivity index (χ3v) is 10.7. The Labute approximate surface area is 266 Å². The summed E-state index contributed by atoms with van der Waals surface area (Å²) in [6.07, 6.45) is 13.3. The molecule has 0 saturated heterocycles. The first-order valence-electron chi connectivity index (χ1n) is 17.0. The highest BCUT2D eigenvalue weighted by Crippen LogP contribution is 2.48. The van der Waals surface area contributed by atoms with Crippen LogP contribution in [0.4, 0.5) is 0 Å². The largest absolute Gasteiger partial charge is 0.0649 e. The van der Waals surface area contributed by atoms with Crippen LogP contribution in [0.1, 0.15) is 56.1 Å². The standard InChI is InChI=1S/C45H38/c1-2-4-14-30(13-3-1)25-31-26-42-40(44-36-19-9-5-15-32(36)28-33-16-6-10-20-37(33)44)23-24-41(43(42)27-31)45-38-21-11-7-17-34(38)29-35-18-8-12-22-39(35)45/h5-12,15-24,26,28-30H,1-4,13-14,25,27H2. The molecule has 1 fully saturated rings. The Morgan fingerprint density at radius 2 is 0.911 bits per heavy atom. The van der Waals surface area contributed by atoms with E-state index in [1.165, 1.54) is 121 Å². The van der Waals surface area contributed by atoms with Crippen molar-refractivity contribution in [3.8, 4) is 22.3 Å². The predicted molar refractivity (Wildman–Crippen MR) is 195 cm³/mol. The van der Waals surface area contributed by atoms with Crippen LogP contribution in [0.15, 0.2) is 127 Å². The van der Waals surface area contributed by atoms with Crippen LogP contribution >= 0.6 is 0 Å². The van der Waals surface area contributed by atoms with Crippen molar-refractivity contribution >= 4 is 49.2 Å². The van der Waals surface area contributed by atoms with E-state index < -0.39 is 0 Å². The molecule has 0 unspecified atom stereocenters. The Hall–Kier alpha value is -4.68. The quantitative estimate of drug-likeness (QED) is 0.144. The number of allylic oxidation sites excluding steroid dienone is 1. The molecule has 1 saturated carbocycles. The molecule has 2 aliphatic carbocycles. The molecule has 0 spiro atoms. The molecule has 218 valence electrons. The normalized spacial score (nSPS) is 15.5. The molecule has 7 aromatic carbocycles. The molecule has 0 amide bonds. The number of hydrogen-bond acceptors (Lipinski definition) is 0. The summed E-state index contributed by atoms with van der Waals surface area (Å²) in [7, 11) is 0. The molecule has 0 aliphatic heterocycles. The second kappa shape index (κ2) is 11.0. The highest BCUT2D eigenvalue weighted by molar-refractivity contribution is 6.16. The van der Waals surface area contributed by atoms with Gasteiger partial charge in [0.15, 0.2) is 0 Å². The Morgan fingerprint density at radius 1 is 0.467 bits per heavy atom. The van der Waals surface area contributed by atoms with Crippen LogP contribution in [0.5, 0.6) is 0 Å². The Bertz CT molecular complexity index is 2160. The molecule has 0 bridgehead atoms. The number of fused-ring (bicyclic) bond motifs is 5. The van der Waals surface area contributed by atoms with Gasteiger partial charge in [-0.1, -0.05) is 159 Å². The van der Waals surface area contributed by atoms with Crippen molar-refractivity contribution < 1.29 is 0 Å². The minimum atomic E-state index is 0.816. The Balaban J connectivity index is 1.32. The fourth-order valence-corrected chi connectivity index (χ4v) is 8.63. The summed E-state index contributed by atoms with van der Waals surface area (Å²) < 4.78 is 0. The molecule has 0 N–H and O–H groups in total. The zero-order chi connectivity index (χ0) is 29.7. The molecular formula is C45H38. The van der Waals surface area contributed by atoms with E-state index in [0.717, 1.165) is 12.3 Å². The smallest absolute Gasteiger partial charge is 0.00207 e. The van der Waals surface area contributed by atoms with Crippen molar-refractivity contribution in [1.82, 2.24) is 0 Å². The van der Waals surface area contributed by atoms with Crippen molar-refractivity contribution in [2.75, 3.05) is 0 Å². The average Bonchev–Trinajstić information content (AvgIpc) is 3.34. The van der Waals surface area contributed by atoms with Crippen LogP contribution in [0, 0.1) is 5.92 Å². The van der Waals surface area contributed by atoms with Gasteiger partial charge >= 0.3 is 0 Å². The second-order valence-electron chi connectivity index (χ2n) is 13.5. The van der Waals surface area contributed by atoms with E-state index in [2.05, 4.69) is 127 Å². The van der Waals surface area contributed by atoms with Gasteiger partial charge in [0, 0.05) is 0 Å². The zero-order valence-electron chi connectivity index (χ0n) is 25.9. The molecule has 45 heavy (non-hydrogen) atoms. The molecule has 7 aromatic rings. The van der Waals surface area contributed by atoms with E-state index in [0.29, 0.717) is 0 Å². The Morgan fingerprint density at radius 3 is 1.42 bits per heavy atom. The number of benzene rings is 7. The molecule has 0 heteroatoms. The third kappa shape index (κ3) is 4.58. The van der Waals surface area contributed by atoms with E-state index in [9.17, 15) is 0 Å². The molecule has 0 nitrogen and oxygen atoms in total. The minimum absolute atomic E-state index is 0.816. The van der Waals surface area contributed by atoms with Gasteiger partial charge in [0.05, 0.1) is 0 Å². The van der Waals surface area contributed by atoms with Crippen LogP contribution in [0.25, 0.3) is 71.4 Å². The van der Waals surface area contributed by atoms with Crippen molar-refractivity contribution in [3.05, 3.63) is 138 Å². The van der Waals surface area contributed by atoms with Crippen LogP contribution in [-0.4, -0.2) is 0 Å². The maximum atomic E-state index is 2.61. The SMILES string of the molecule is C1=C(CC2CCCCCC2)Cc2c(-c3c4ccccc4cc4ccccc34)ccc(-c3c4ccccc4cc4ccccc34)c21. The highest BCUT2D eigenvalue weighted by atomic mass is 14.3. The van der Waals surface area contributed by atoms with E-state index >= 15 is 0 Å². The summed E-state index contributed by atoms with van der Waals surface area (Å²) >= 11 is 0. The molecule has 2 aliphatic rings. The molecule has 0 radical (unpaired) electrons. The van der Waals surface area contributed by atoms with Gasteiger partial charge in [-0.05, 0) is 107 Å². The lowest BCUT2D eigenvalue weighted by molar-refractivity contribution is 0.455. The predicted octanol–water partition coefficient (Wildman–Crippen LogP) is 12.9. The lowest BCUT2D eigenvalue weighted by Crippen LogP contribution is -2.01. The topological polar surface area (TPSA) is 0 Å². The molecule has 0 aromatic heterocycles. The van der Waals surface area contributed by atoms with Gasteiger partial charge in [0.25, 0.3) is 0 Å². The van der Waals surface area contributed by atoms with Crippen molar-refractivity contribution in [2.45, 2.75) is 51.4 Å². The third-order valence-electron chi connectivity index (χ3n) is 10.7. The number of hydrogen-bond donors (Lipinski definition) is 0. The first kappa shape index (κ1) is 26.7. The minimum Gasteiger partial charge on any atom is -0.0649 e. The van der Waals surface area contributed by atoms with Gasteiger partial charge in [-0.3, -0.25) is 0 Å². The van der Waals surface area contributed by atoms with E-state index in [1.54, 1.807) is 5.57 Å². The fourth-order valence-electron chi connectivity index (χ4n) is 8.63. The molecule has 0 atom stereocenters. The maximum absolute atomic E-state index is 2.61. The maximum Gasteiger partial charge on any atom is -0.00207 e. The van der Waals surface area contributed by atoms with Gasteiger partial charge in [-0.15, -0.1) is 0 Å². The van der Waals surface area contributed by atoms with Gasteiger partial charge in [0.2, 0.25) is 0 Å².